The summed E-state index contributed by atoms with van der Waals surface area (Å²) < 4.78 is 1.00. The Labute approximate surface area is 74.4 Å². The molecule has 0 aromatic rings. The number of hydrogen-bond donors (Lipinski definition) is 0. The Balaban J connectivity index is -0.0000000800. The van der Waals surface area contributed by atoms with Gasteiger partial charge in [-0.3, -0.25) is 0 Å². The molecule has 0 atom stereocenters. The summed E-state index contributed by atoms with van der Waals surface area (Å²) in [7, 11) is 8.50. The SMILES string of the molecule is C[N+](C)(C)C.[Cl-].[Na]. The minimum Gasteiger partial charge on any atom is -1.00 e. The number of quaternary nitrogens is 1. The van der Waals surface area contributed by atoms with Crippen molar-refractivity contribution in [1.82, 2.24) is 0 Å². The molecule has 0 bridgehead atoms. The fourth-order valence-electron chi connectivity index (χ4n) is 0. The third-order valence-electron chi connectivity index (χ3n) is 0. The molecule has 0 aromatic heterocycles. The molecule has 0 N–H and O–H groups in total. The topological polar surface area (TPSA) is 0 Å². The summed E-state index contributed by atoms with van der Waals surface area (Å²) in [5, 5.41) is 0. The first-order valence-corrected chi connectivity index (χ1v) is 1.79. The van der Waals surface area contributed by atoms with E-state index < -0.39 is 0 Å². The van der Waals surface area contributed by atoms with Crippen LogP contribution in [-0.4, -0.2) is 62.2 Å². The standard InChI is InChI=1S/C4H12N.ClH.Na/c1-5(2,3)4;;/h1-4H3;1H;/q+1;;/p-1. The van der Waals surface area contributed by atoms with E-state index in [0.29, 0.717) is 0 Å². The summed E-state index contributed by atoms with van der Waals surface area (Å²) in [5.74, 6) is 0. The van der Waals surface area contributed by atoms with Crippen LogP contribution in [0.15, 0.2) is 0 Å². The fourth-order valence-corrected chi connectivity index (χ4v) is 0. The Hall–Kier alpha value is 1.25. The summed E-state index contributed by atoms with van der Waals surface area (Å²) in [6.45, 7) is 0. The van der Waals surface area contributed by atoms with E-state index in [1.54, 1.807) is 0 Å². The minimum absolute atomic E-state index is 0. The smallest absolute Gasteiger partial charge is 0.0675 e. The molecule has 0 fully saturated rings. The van der Waals surface area contributed by atoms with E-state index in [2.05, 4.69) is 28.2 Å². The Kier molecular flexibility index (Phi) is 12.1. The Morgan fingerprint density at radius 1 is 0.857 bits per heavy atom. The van der Waals surface area contributed by atoms with Gasteiger partial charge >= 0.3 is 0 Å². The van der Waals surface area contributed by atoms with E-state index in [-0.39, 0.29) is 42.0 Å². The van der Waals surface area contributed by atoms with E-state index in [1.807, 2.05) is 0 Å². The summed E-state index contributed by atoms with van der Waals surface area (Å²) in [5.41, 5.74) is 0. The van der Waals surface area contributed by atoms with Gasteiger partial charge in [-0.15, -0.1) is 0 Å². The molecule has 1 radical (unpaired) electrons. The maximum absolute atomic E-state index is 2.12. The maximum atomic E-state index is 2.12. The third-order valence-corrected chi connectivity index (χ3v) is 0. The van der Waals surface area contributed by atoms with Crippen LogP contribution in [0.1, 0.15) is 0 Å². The molecule has 0 aliphatic carbocycles. The maximum Gasteiger partial charge on any atom is 0.0675 e. The zero-order valence-electron chi connectivity index (χ0n) is 5.83. The predicted octanol–water partition coefficient (Wildman–Crippen LogP) is -3.05. The van der Waals surface area contributed by atoms with Crippen LogP contribution in [0, 0.1) is 0 Å². The molecule has 0 aliphatic rings. The monoisotopic (exact) mass is 132 g/mol. The molecule has 0 rings (SSSR count). The van der Waals surface area contributed by atoms with Crippen LogP contribution in [0.2, 0.25) is 0 Å². The first kappa shape index (κ1) is 15.7. The number of hydrogen-bond acceptors (Lipinski definition) is 0. The average Bonchev–Trinajstić information content (AvgIpc) is 0.722. The zero-order valence-corrected chi connectivity index (χ0v) is 8.58. The van der Waals surface area contributed by atoms with Crippen molar-refractivity contribution in [2.75, 3.05) is 28.2 Å². The summed E-state index contributed by atoms with van der Waals surface area (Å²) >= 11 is 0. The molecule has 0 spiro atoms. The molecule has 0 unspecified atom stereocenters. The summed E-state index contributed by atoms with van der Waals surface area (Å²) in [6, 6.07) is 0. The van der Waals surface area contributed by atoms with Crippen LogP contribution >= 0.6 is 0 Å². The Morgan fingerprint density at radius 2 is 0.857 bits per heavy atom. The molecule has 0 saturated carbocycles. The Bertz CT molecular complexity index is 27.2. The second kappa shape index (κ2) is 5.39. The van der Waals surface area contributed by atoms with Gasteiger partial charge in [0.15, 0.2) is 0 Å². The van der Waals surface area contributed by atoms with Gasteiger partial charge in [0.25, 0.3) is 0 Å². The molecular weight excluding hydrogens is 120 g/mol. The van der Waals surface area contributed by atoms with Crippen molar-refractivity contribution in [2.24, 2.45) is 0 Å². The van der Waals surface area contributed by atoms with E-state index in [0.717, 1.165) is 4.48 Å². The number of nitrogens with zero attached hydrogens (tertiary/aromatic N) is 1. The van der Waals surface area contributed by atoms with Crippen LogP contribution in [0.3, 0.4) is 0 Å². The van der Waals surface area contributed by atoms with Gasteiger partial charge in [0.1, 0.15) is 0 Å². The van der Waals surface area contributed by atoms with E-state index in [9.17, 15) is 0 Å². The molecule has 0 amide bonds. The third kappa shape index (κ3) is 128. The first-order chi connectivity index (χ1) is 2.00. The number of halogens is 1. The van der Waals surface area contributed by atoms with Crippen molar-refractivity contribution in [3.63, 3.8) is 0 Å². The van der Waals surface area contributed by atoms with Gasteiger partial charge in [-0.2, -0.15) is 0 Å². The molecule has 3 heteroatoms. The minimum atomic E-state index is 0. The van der Waals surface area contributed by atoms with Gasteiger partial charge in [0, 0.05) is 29.6 Å². The van der Waals surface area contributed by atoms with Crippen LogP contribution in [0.5, 0.6) is 0 Å². The summed E-state index contributed by atoms with van der Waals surface area (Å²) in [4.78, 5) is 0. The second-order valence-electron chi connectivity index (χ2n) is 2.68. The van der Waals surface area contributed by atoms with Gasteiger partial charge < -0.3 is 16.9 Å². The molecule has 0 aromatic carbocycles. The predicted molar refractivity (Wildman–Crippen MR) is 29.7 cm³/mol. The van der Waals surface area contributed by atoms with Crippen molar-refractivity contribution >= 4 is 29.6 Å². The van der Waals surface area contributed by atoms with Gasteiger partial charge in [-0.05, 0) is 0 Å². The van der Waals surface area contributed by atoms with Crippen LogP contribution in [-0.2, 0) is 0 Å². The van der Waals surface area contributed by atoms with E-state index in [1.165, 1.54) is 0 Å². The van der Waals surface area contributed by atoms with E-state index >= 15 is 0 Å². The molecular formula is C4H12ClNNa. The van der Waals surface area contributed by atoms with Crippen molar-refractivity contribution in [1.29, 1.82) is 0 Å². The van der Waals surface area contributed by atoms with Crippen LogP contribution in [0.25, 0.3) is 0 Å². The molecule has 41 valence electrons. The summed E-state index contributed by atoms with van der Waals surface area (Å²) in [6.07, 6.45) is 0. The van der Waals surface area contributed by atoms with Crippen molar-refractivity contribution in [3.8, 4) is 0 Å². The second-order valence-corrected chi connectivity index (χ2v) is 2.68. The normalized spacial score (nSPS) is 8.57. The van der Waals surface area contributed by atoms with E-state index in [4.69, 9.17) is 0 Å². The van der Waals surface area contributed by atoms with Crippen molar-refractivity contribution in [3.05, 3.63) is 0 Å². The average molecular weight is 133 g/mol. The van der Waals surface area contributed by atoms with Crippen molar-refractivity contribution in [2.45, 2.75) is 0 Å². The van der Waals surface area contributed by atoms with Crippen LogP contribution < -0.4 is 12.4 Å². The fraction of sp³-hybridized carbons (Fsp3) is 1.00. The molecule has 0 heterocycles. The van der Waals surface area contributed by atoms with Gasteiger partial charge in [-0.25, -0.2) is 0 Å². The largest absolute Gasteiger partial charge is 1.00 e. The van der Waals surface area contributed by atoms with Gasteiger partial charge in [0.05, 0.1) is 28.2 Å². The van der Waals surface area contributed by atoms with Crippen LogP contribution in [0.4, 0.5) is 0 Å². The number of rotatable bonds is 0. The quantitative estimate of drug-likeness (QED) is 0.243. The first-order valence-electron chi connectivity index (χ1n) is 1.79. The zero-order chi connectivity index (χ0) is 4.50. The van der Waals surface area contributed by atoms with Gasteiger partial charge in [0.2, 0.25) is 0 Å². The molecule has 7 heavy (non-hydrogen) atoms. The Morgan fingerprint density at radius 3 is 0.857 bits per heavy atom. The molecule has 1 nitrogen and oxygen atoms in total. The van der Waals surface area contributed by atoms with Crippen molar-refractivity contribution < 1.29 is 16.9 Å². The molecule has 0 saturated heterocycles. The van der Waals surface area contributed by atoms with Gasteiger partial charge in [-0.1, -0.05) is 0 Å². The molecule has 0 aliphatic heterocycles.